The number of hydrogen-bond donors (Lipinski definition) is 3. The molecule has 5 rings (SSSR count). The molecule has 0 radical (unpaired) electrons. The van der Waals surface area contributed by atoms with Gasteiger partial charge in [-0.25, -0.2) is 4.52 Å². The van der Waals surface area contributed by atoms with Gasteiger partial charge in [0.25, 0.3) is 0 Å². The summed E-state index contributed by atoms with van der Waals surface area (Å²) in [7, 11) is 0. The van der Waals surface area contributed by atoms with Gasteiger partial charge in [-0.2, -0.15) is 4.98 Å². The van der Waals surface area contributed by atoms with Crippen LogP contribution in [-0.2, 0) is 16.6 Å². The third-order valence-corrected chi connectivity index (χ3v) is 5.43. The number of anilines is 3. The highest BCUT2D eigenvalue weighted by Gasteiger charge is 2.38. The number of nitrogens with zero attached hydrogens (tertiary/aromatic N) is 3. The fourth-order valence-corrected chi connectivity index (χ4v) is 3.75. The van der Waals surface area contributed by atoms with E-state index in [4.69, 9.17) is 0 Å². The number of aromatic amines is 1. The summed E-state index contributed by atoms with van der Waals surface area (Å²) in [4.78, 5) is 30.9. The molecule has 1 aliphatic rings. The van der Waals surface area contributed by atoms with Crippen LogP contribution in [0.4, 0.5) is 17.3 Å². The van der Waals surface area contributed by atoms with Gasteiger partial charge in [0.05, 0.1) is 5.41 Å². The number of hydrogen-bond acceptors (Lipinski definition) is 5. The van der Waals surface area contributed by atoms with Crippen LogP contribution in [-0.4, -0.2) is 25.5 Å². The van der Waals surface area contributed by atoms with Gasteiger partial charge < -0.3 is 15.6 Å². The van der Waals surface area contributed by atoms with Gasteiger partial charge in [0.15, 0.2) is 5.65 Å². The lowest BCUT2D eigenvalue weighted by atomic mass is 9.86. The van der Waals surface area contributed by atoms with E-state index in [-0.39, 0.29) is 11.5 Å². The highest BCUT2D eigenvalue weighted by molar-refractivity contribution is 6.06. The number of carbonyl (C=O) groups excluding carboxylic acids is 1. The molecule has 1 amide bonds. The number of amides is 1. The number of benzene rings is 1. The molecule has 0 aliphatic carbocycles. The molecule has 3 aromatic heterocycles. The van der Waals surface area contributed by atoms with Gasteiger partial charge >= 0.3 is 0 Å². The summed E-state index contributed by atoms with van der Waals surface area (Å²) in [5, 5.41) is 10.7. The zero-order chi connectivity index (χ0) is 20.9. The van der Waals surface area contributed by atoms with Crippen LogP contribution in [0.15, 0.2) is 59.5 Å². The highest BCUT2D eigenvalue weighted by Crippen LogP contribution is 2.38. The van der Waals surface area contributed by atoms with Crippen molar-refractivity contribution in [3.8, 4) is 0 Å². The Morgan fingerprint density at radius 2 is 1.97 bits per heavy atom. The number of aromatic nitrogens is 4. The van der Waals surface area contributed by atoms with Crippen LogP contribution < -0.4 is 16.2 Å². The fraction of sp³-hybridized carbons (Fsp3) is 0.182. The van der Waals surface area contributed by atoms with Gasteiger partial charge in [-0.1, -0.05) is 12.1 Å². The molecule has 8 heteroatoms. The van der Waals surface area contributed by atoms with Crippen LogP contribution in [0.25, 0.3) is 5.65 Å². The zero-order valence-electron chi connectivity index (χ0n) is 16.6. The van der Waals surface area contributed by atoms with E-state index in [9.17, 15) is 9.59 Å². The van der Waals surface area contributed by atoms with E-state index in [1.165, 1.54) is 0 Å². The van der Waals surface area contributed by atoms with E-state index < -0.39 is 5.41 Å². The Bertz CT molecular complexity index is 1350. The summed E-state index contributed by atoms with van der Waals surface area (Å²) in [6, 6.07) is 15.0. The van der Waals surface area contributed by atoms with Crippen LogP contribution in [0.5, 0.6) is 0 Å². The Morgan fingerprint density at radius 3 is 2.80 bits per heavy atom. The first-order valence-corrected chi connectivity index (χ1v) is 9.65. The van der Waals surface area contributed by atoms with Crippen molar-refractivity contribution in [2.24, 2.45) is 0 Å². The fourth-order valence-electron chi connectivity index (χ4n) is 3.75. The van der Waals surface area contributed by atoms with Crippen molar-refractivity contribution in [1.82, 2.24) is 19.6 Å². The summed E-state index contributed by atoms with van der Waals surface area (Å²) in [5.74, 6) is 0.446. The monoisotopic (exact) mass is 400 g/mol. The lowest BCUT2D eigenvalue weighted by Crippen LogP contribution is -2.26. The van der Waals surface area contributed by atoms with Crippen LogP contribution in [0.1, 0.15) is 30.7 Å². The number of H-pyrrole nitrogens is 1. The zero-order valence-corrected chi connectivity index (χ0v) is 16.6. The van der Waals surface area contributed by atoms with Gasteiger partial charge in [-0.15, -0.1) is 5.10 Å². The topological polar surface area (TPSA) is 104 Å². The van der Waals surface area contributed by atoms with E-state index in [2.05, 4.69) is 25.7 Å². The lowest BCUT2D eigenvalue weighted by Gasteiger charge is -2.14. The molecule has 8 nitrogen and oxygen atoms in total. The second kappa shape index (κ2) is 6.55. The summed E-state index contributed by atoms with van der Waals surface area (Å²) in [6.07, 6.45) is 2.20. The quantitative estimate of drug-likeness (QED) is 0.489. The molecule has 0 atom stereocenters. The molecular formula is C22H20N6O2. The number of nitrogens with one attached hydrogen (secondary N) is 3. The minimum Gasteiger partial charge on any atom is -0.329 e. The first kappa shape index (κ1) is 18.1. The summed E-state index contributed by atoms with van der Waals surface area (Å²) < 4.78 is 1.77. The Hall–Kier alpha value is -3.94. The second-order valence-corrected chi connectivity index (χ2v) is 7.92. The van der Waals surface area contributed by atoms with Crippen molar-refractivity contribution in [1.29, 1.82) is 0 Å². The molecular weight excluding hydrogens is 380 g/mol. The lowest BCUT2D eigenvalue weighted by molar-refractivity contribution is -0.119. The molecule has 1 aliphatic heterocycles. The molecule has 1 aromatic carbocycles. The molecule has 0 unspecified atom stereocenters. The third-order valence-electron chi connectivity index (χ3n) is 5.43. The molecule has 0 spiro atoms. The van der Waals surface area contributed by atoms with E-state index in [1.807, 2.05) is 56.3 Å². The minimum atomic E-state index is -0.538. The van der Waals surface area contributed by atoms with Gasteiger partial charge in [-0.05, 0) is 55.3 Å². The highest BCUT2D eigenvalue weighted by atomic mass is 16.2. The van der Waals surface area contributed by atoms with Crippen molar-refractivity contribution in [2.75, 3.05) is 10.6 Å². The normalized spacial score (nSPS) is 14.5. The molecule has 30 heavy (non-hydrogen) atoms. The Labute approximate surface area is 172 Å². The number of rotatable bonds is 4. The van der Waals surface area contributed by atoms with Crippen molar-refractivity contribution in [3.63, 3.8) is 0 Å². The van der Waals surface area contributed by atoms with Crippen LogP contribution in [0.2, 0.25) is 0 Å². The largest absolute Gasteiger partial charge is 0.329 e. The maximum atomic E-state index is 12.2. The van der Waals surface area contributed by atoms with E-state index in [0.717, 1.165) is 28.2 Å². The molecule has 0 saturated heterocycles. The first-order chi connectivity index (χ1) is 14.4. The Morgan fingerprint density at radius 1 is 1.10 bits per heavy atom. The molecule has 0 fully saturated rings. The van der Waals surface area contributed by atoms with E-state index in [1.54, 1.807) is 16.8 Å². The molecule has 0 bridgehead atoms. The average molecular weight is 400 g/mol. The van der Waals surface area contributed by atoms with Crippen molar-refractivity contribution in [3.05, 3.63) is 81.9 Å². The van der Waals surface area contributed by atoms with E-state index >= 15 is 0 Å². The van der Waals surface area contributed by atoms with Gasteiger partial charge in [-0.3, -0.25) is 9.59 Å². The minimum absolute atomic E-state index is 0.00936. The summed E-state index contributed by atoms with van der Waals surface area (Å²) in [5.41, 5.74) is 4.41. The molecule has 0 saturated carbocycles. The molecule has 150 valence electrons. The predicted molar refractivity (Wildman–Crippen MR) is 114 cm³/mol. The first-order valence-electron chi connectivity index (χ1n) is 9.65. The molecule has 4 aromatic rings. The molecule has 4 heterocycles. The second-order valence-electron chi connectivity index (χ2n) is 7.92. The van der Waals surface area contributed by atoms with Crippen molar-refractivity contribution in [2.45, 2.75) is 25.7 Å². The van der Waals surface area contributed by atoms with Crippen LogP contribution in [0, 0.1) is 0 Å². The number of carbonyl (C=O) groups is 1. The third kappa shape index (κ3) is 3.02. The Balaban J connectivity index is 1.45. The van der Waals surface area contributed by atoms with Crippen LogP contribution in [0.3, 0.4) is 0 Å². The van der Waals surface area contributed by atoms with Gasteiger partial charge in [0.1, 0.15) is 0 Å². The smallest absolute Gasteiger partial charge is 0.248 e. The van der Waals surface area contributed by atoms with Crippen molar-refractivity contribution >= 4 is 28.9 Å². The van der Waals surface area contributed by atoms with Gasteiger partial charge in [0, 0.05) is 35.8 Å². The average Bonchev–Trinajstić information content (AvgIpc) is 3.20. The molecule has 3 N–H and O–H groups in total. The summed E-state index contributed by atoms with van der Waals surface area (Å²) in [6.45, 7) is 3.82. The standard InChI is InChI=1S/C22H20N6O2/c1-22(2)16-7-6-14(12-17(16)25-20(22)30)24-21-26-18-5-3-4-15(28(18)27-21)10-13-8-9-23-19(29)11-13/h3-9,11-12H,10H2,1-2H3,(H,23,29)(H,24,27)(H,25,30). The number of pyridine rings is 2. The SMILES string of the molecule is CC1(C)C(=O)Nc2cc(Nc3nc4cccc(Cc5cc[nH]c(=O)c5)n4n3)ccc21. The van der Waals surface area contributed by atoms with Crippen molar-refractivity contribution < 1.29 is 4.79 Å². The van der Waals surface area contributed by atoms with Gasteiger partial charge in [0.2, 0.25) is 17.4 Å². The van der Waals surface area contributed by atoms with Crippen LogP contribution >= 0.6 is 0 Å². The van der Waals surface area contributed by atoms with E-state index in [0.29, 0.717) is 18.0 Å². The summed E-state index contributed by atoms with van der Waals surface area (Å²) >= 11 is 0. The predicted octanol–water partition coefficient (Wildman–Crippen LogP) is 2.98. The number of fused-ring (bicyclic) bond motifs is 2. The maximum Gasteiger partial charge on any atom is 0.248 e. The maximum absolute atomic E-state index is 12.2. The Kier molecular flexibility index (Phi) is 3.95.